The lowest BCUT2D eigenvalue weighted by atomic mass is 9.89. The van der Waals surface area contributed by atoms with Crippen molar-refractivity contribution in [3.63, 3.8) is 0 Å². The van der Waals surface area contributed by atoms with Gasteiger partial charge in [0.2, 0.25) is 0 Å². The molecule has 0 atom stereocenters. The lowest BCUT2D eigenvalue weighted by molar-refractivity contribution is 0.0705. The molecule has 4 aliphatic heterocycles. The van der Waals surface area contributed by atoms with Crippen molar-refractivity contribution < 1.29 is 14.0 Å². The zero-order valence-corrected chi connectivity index (χ0v) is 38.1. The van der Waals surface area contributed by atoms with Gasteiger partial charge in [-0.15, -0.1) is 12.4 Å². The van der Waals surface area contributed by atoms with Gasteiger partial charge in [-0.2, -0.15) is 20.7 Å². The van der Waals surface area contributed by atoms with Crippen molar-refractivity contribution in [3.05, 3.63) is 136 Å². The van der Waals surface area contributed by atoms with Crippen LogP contribution < -0.4 is 10.2 Å². The molecule has 0 unspecified atom stereocenters. The van der Waals surface area contributed by atoms with Crippen LogP contribution in [0.1, 0.15) is 105 Å². The number of hydrogen-bond donors (Lipinski definition) is 3. The molecule has 14 nitrogen and oxygen atoms in total. The Balaban J connectivity index is 0.000000179. The average Bonchev–Trinajstić information content (AvgIpc) is 3.95. The lowest BCUT2D eigenvalue weighted by Crippen LogP contribution is -2.38. The number of aromatic amines is 2. The van der Waals surface area contributed by atoms with Gasteiger partial charge in [0.05, 0.1) is 28.8 Å². The Hall–Kier alpha value is -6.94. The van der Waals surface area contributed by atoms with Gasteiger partial charge in [0.1, 0.15) is 17.5 Å². The van der Waals surface area contributed by atoms with Crippen LogP contribution in [-0.4, -0.2) is 104 Å². The van der Waals surface area contributed by atoms with Gasteiger partial charge in [0.15, 0.2) is 11.6 Å². The van der Waals surface area contributed by atoms with Gasteiger partial charge >= 0.3 is 0 Å². The summed E-state index contributed by atoms with van der Waals surface area (Å²) >= 11 is 0. The number of hydrogen-bond acceptors (Lipinski definition) is 10. The summed E-state index contributed by atoms with van der Waals surface area (Å²) in [6.07, 6.45) is 6.13. The quantitative estimate of drug-likeness (QED) is 0.141. The number of likely N-dealkylation sites (tertiary alicyclic amines) is 2. The van der Waals surface area contributed by atoms with Crippen molar-refractivity contribution in [2.24, 2.45) is 0 Å². The Labute approximate surface area is 390 Å². The summed E-state index contributed by atoms with van der Waals surface area (Å²) in [5.74, 6) is 2.51. The minimum absolute atomic E-state index is 0. The van der Waals surface area contributed by atoms with Gasteiger partial charge in [0, 0.05) is 61.6 Å². The van der Waals surface area contributed by atoms with E-state index in [0.29, 0.717) is 58.8 Å². The minimum Gasteiger partial charge on any atom is -0.371 e. The first-order valence-corrected chi connectivity index (χ1v) is 22.4. The van der Waals surface area contributed by atoms with Gasteiger partial charge in [-0.1, -0.05) is 24.3 Å². The maximum absolute atomic E-state index is 14.2. The second-order valence-electron chi connectivity index (χ2n) is 17.0. The number of amides is 2. The first-order valence-electron chi connectivity index (χ1n) is 22.4. The number of rotatable bonds is 7. The largest absolute Gasteiger partial charge is 0.371 e. The second-order valence-corrected chi connectivity index (χ2v) is 17.0. The second kappa shape index (κ2) is 21.8. The van der Waals surface area contributed by atoms with Crippen LogP contribution in [0, 0.1) is 42.3 Å². The molecule has 0 bridgehead atoms. The van der Waals surface area contributed by atoms with Crippen LogP contribution in [0.4, 0.5) is 10.1 Å². The molecule has 3 N–H and O–H groups in total. The summed E-state index contributed by atoms with van der Waals surface area (Å²) in [6.45, 7) is 10.9. The fraction of sp³-hybridized carbons (Fsp3) is 0.360. The van der Waals surface area contributed by atoms with E-state index < -0.39 is 5.82 Å². The minimum atomic E-state index is -0.458. The van der Waals surface area contributed by atoms with E-state index in [1.807, 2.05) is 78.6 Å². The SMILES string of the molecule is C1CNC1.Cc1nc(-c2cc(C(=O)N3CCC(c4ccc(C#N)cc4)CC3)ccc2F)n[nH]1.Cc1nc(-c2cc(C(=O)N3CCC(c4ccc(C#N)cc4)CC3)ccc2N2CCC2)n[nH]1.Cl. The number of aryl methyl sites for hydroxylation is 2. The number of carbonyl (C=O) groups is 2. The van der Waals surface area contributed by atoms with E-state index in [2.05, 4.69) is 52.7 Å². The number of halogens is 2. The molecule has 0 radical (unpaired) electrons. The number of benzene rings is 4. The molecule has 4 fully saturated rings. The fourth-order valence-electron chi connectivity index (χ4n) is 8.47. The van der Waals surface area contributed by atoms with Gasteiger partial charge < -0.3 is 20.0 Å². The Morgan fingerprint density at radius 2 is 1.05 bits per heavy atom. The van der Waals surface area contributed by atoms with E-state index >= 15 is 0 Å². The van der Waals surface area contributed by atoms with E-state index in [1.165, 1.54) is 55.3 Å². The molecule has 2 amide bonds. The molecule has 4 aliphatic rings. The molecule has 16 heteroatoms. The molecule has 4 aromatic carbocycles. The predicted molar refractivity (Wildman–Crippen MR) is 253 cm³/mol. The number of aromatic nitrogens is 6. The summed E-state index contributed by atoms with van der Waals surface area (Å²) in [7, 11) is 0. The maximum Gasteiger partial charge on any atom is 0.253 e. The number of nitriles is 2. The summed E-state index contributed by atoms with van der Waals surface area (Å²) in [6, 6.07) is 30.0. The topological polar surface area (TPSA) is 187 Å². The van der Waals surface area contributed by atoms with Crippen molar-refractivity contribution in [2.45, 2.75) is 64.2 Å². The van der Waals surface area contributed by atoms with Crippen molar-refractivity contribution >= 4 is 29.9 Å². The molecule has 0 aliphatic carbocycles. The highest BCUT2D eigenvalue weighted by Gasteiger charge is 2.28. The van der Waals surface area contributed by atoms with Gasteiger partial charge in [-0.25, -0.2) is 14.4 Å². The van der Waals surface area contributed by atoms with Gasteiger partial charge in [-0.05, 0) is 149 Å². The molecule has 66 heavy (non-hydrogen) atoms. The third-order valence-electron chi connectivity index (χ3n) is 12.6. The number of nitrogens with one attached hydrogen (secondary N) is 3. The third-order valence-corrected chi connectivity index (χ3v) is 12.6. The van der Waals surface area contributed by atoms with E-state index in [1.54, 1.807) is 11.8 Å². The molecular formula is C50H54ClFN12O2. The Morgan fingerprint density at radius 3 is 1.42 bits per heavy atom. The summed E-state index contributed by atoms with van der Waals surface area (Å²) in [5, 5.41) is 35.0. The third kappa shape index (κ3) is 11.1. The number of nitrogens with zero attached hydrogens (tertiary/aromatic N) is 9. The van der Waals surface area contributed by atoms with Crippen LogP contribution in [0.3, 0.4) is 0 Å². The fourth-order valence-corrected chi connectivity index (χ4v) is 8.47. The predicted octanol–water partition coefficient (Wildman–Crippen LogP) is 8.09. The maximum atomic E-state index is 14.2. The number of piperidine rings is 2. The highest BCUT2D eigenvalue weighted by molar-refractivity contribution is 5.97. The molecule has 0 spiro atoms. The van der Waals surface area contributed by atoms with Crippen LogP contribution in [0.5, 0.6) is 0 Å². The zero-order chi connectivity index (χ0) is 45.3. The molecular weight excluding hydrogens is 855 g/mol. The lowest BCUT2D eigenvalue weighted by Gasteiger charge is -2.35. The molecule has 4 saturated heterocycles. The molecule has 10 rings (SSSR count). The Kier molecular flexibility index (Phi) is 15.6. The van der Waals surface area contributed by atoms with Crippen LogP contribution >= 0.6 is 12.4 Å². The van der Waals surface area contributed by atoms with Gasteiger partial charge in [0.25, 0.3) is 11.8 Å². The van der Waals surface area contributed by atoms with Crippen LogP contribution in [0.2, 0.25) is 0 Å². The summed E-state index contributed by atoms with van der Waals surface area (Å²) in [5.41, 5.74) is 7.10. The Bertz CT molecular complexity index is 2680. The average molecular weight is 910 g/mol. The highest BCUT2D eigenvalue weighted by atomic mass is 35.5. The molecule has 6 heterocycles. The first kappa shape index (κ1) is 47.0. The summed E-state index contributed by atoms with van der Waals surface area (Å²) < 4.78 is 14.2. The van der Waals surface area contributed by atoms with Crippen molar-refractivity contribution in [1.29, 1.82) is 10.5 Å². The number of anilines is 1. The molecule has 0 saturated carbocycles. The van der Waals surface area contributed by atoms with E-state index in [4.69, 9.17) is 10.5 Å². The van der Waals surface area contributed by atoms with E-state index in [-0.39, 0.29) is 35.6 Å². The van der Waals surface area contributed by atoms with Crippen molar-refractivity contribution in [2.75, 3.05) is 57.3 Å². The molecule has 6 aromatic rings. The van der Waals surface area contributed by atoms with Gasteiger partial charge in [-0.3, -0.25) is 19.8 Å². The van der Waals surface area contributed by atoms with Crippen LogP contribution in [-0.2, 0) is 0 Å². The van der Waals surface area contributed by atoms with Crippen LogP contribution in [0.15, 0.2) is 84.9 Å². The first-order chi connectivity index (χ1) is 31.7. The molecule has 340 valence electrons. The summed E-state index contributed by atoms with van der Waals surface area (Å²) in [4.78, 5) is 41.0. The number of carbonyl (C=O) groups excluding carboxylic acids is 2. The number of H-pyrrole nitrogens is 2. The normalized spacial score (nSPS) is 15.9. The van der Waals surface area contributed by atoms with Crippen molar-refractivity contribution in [1.82, 2.24) is 45.5 Å². The monoisotopic (exact) mass is 908 g/mol. The van der Waals surface area contributed by atoms with Crippen molar-refractivity contribution in [3.8, 4) is 34.9 Å². The smallest absolute Gasteiger partial charge is 0.253 e. The molecule has 2 aromatic heterocycles. The standard InChI is InChI=1S/C25H26N6O.C22H20FN5O.C3H7N.ClH/c1-17-27-24(29-28-17)22-15-21(7-8-23(22)30-11-2-12-30)25(32)31-13-9-20(10-14-31)19-5-3-18(16-26)4-6-19;1-14-25-21(27-26-14)19-12-18(6-7-20(19)23)22(29)28-10-8-17(9-11-28)16-4-2-15(13-24)3-5-16;1-2-4-3-1;/h3-8,15,20H,2,9-14H2,1H3,(H,27,28,29);2-7,12,17H,8-11H2,1H3,(H,25,26,27);4H,1-3H2;1H. The highest BCUT2D eigenvalue weighted by Crippen LogP contribution is 2.35. The zero-order valence-electron chi connectivity index (χ0n) is 37.3. The van der Waals surface area contributed by atoms with E-state index in [9.17, 15) is 14.0 Å². The Morgan fingerprint density at radius 1 is 0.621 bits per heavy atom. The van der Waals surface area contributed by atoms with Crippen LogP contribution in [0.25, 0.3) is 22.8 Å². The van der Waals surface area contributed by atoms with E-state index in [0.717, 1.165) is 68.9 Å².